The lowest BCUT2D eigenvalue weighted by molar-refractivity contribution is -0.384. The van der Waals surface area contributed by atoms with Gasteiger partial charge in [-0.3, -0.25) is 14.9 Å². The van der Waals surface area contributed by atoms with E-state index in [0.717, 1.165) is 24.3 Å². The molecule has 0 spiro atoms. The fourth-order valence-electron chi connectivity index (χ4n) is 2.67. The third-order valence-electron chi connectivity index (χ3n) is 4.25. The largest absolute Gasteiger partial charge is 0.457 e. The standard InChI is InChI=1S/C21H10Cl2F3N3O4/c22-16-5-1-12(21(24,25)26)8-18(16)28-20(30)11(10-27)7-14-3-6-19(33-14)15-4-2-13(29(31)32)9-17(15)23/h1-9H,(H,28,30)/b11-7+. The van der Waals surface area contributed by atoms with Gasteiger partial charge in [-0.1, -0.05) is 23.2 Å². The van der Waals surface area contributed by atoms with E-state index in [1.165, 1.54) is 24.3 Å². The molecule has 1 heterocycles. The van der Waals surface area contributed by atoms with Gasteiger partial charge in [0, 0.05) is 23.8 Å². The summed E-state index contributed by atoms with van der Waals surface area (Å²) in [7, 11) is 0. The maximum Gasteiger partial charge on any atom is 0.416 e. The Balaban J connectivity index is 1.85. The van der Waals surface area contributed by atoms with Gasteiger partial charge in [-0.15, -0.1) is 0 Å². The van der Waals surface area contributed by atoms with Crippen LogP contribution in [0.1, 0.15) is 11.3 Å². The number of nitrogens with zero attached hydrogens (tertiary/aromatic N) is 2. The highest BCUT2D eigenvalue weighted by molar-refractivity contribution is 6.34. The first-order valence-electron chi connectivity index (χ1n) is 8.83. The minimum atomic E-state index is -4.65. The Morgan fingerprint density at radius 3 is 2.45 bits per heavy atom. The molecule has 1 aromatic heterocycles. The third-order valence-corrected chi connectivity index (χ3v) is 4.89. The van der Waals surface area contributed by atoms with Crippen molar-refractivity contribution in [2.24, 2.45) is 0 Å². The summed E-state index contributed by atoms with van der Waals surface area (Å²) in [6.07, 6.45) is -3.58. The monoisotopic (exact) mass is 495 g/mol. The van der Waals surface area contributed by atoms with Crippen LogP contribution in [0.15, 0.2) is 58.5 Å². The van der Waals surface area contributed by atoms with Crippen LogP contribution < -0.4 is 5.32 Å². The van der Waals surface area contributed by atoms with Gasteiger partial charge in [0.25, 0.3) is 11.6 Å². The summed E-state index contributed by atoms with van der Waals surface area (Å²) in [5.74, 6) is -0.744. The highest BCUT2D eigenvalue weighted by atomic mass is 35.5. The van der Waals surface area contributed by atoms with Crippen LogP contribution in [0.2, 0.25) is 10.0 Å². The van der Waals surface area contributed by atoms with Crippen LogP contribution in [0.4, 0.5) is 24.5 Å². The molecular formula is C21H10Cl2F3N3O4. The van der Waals surface area contributed by atoms with E-state index >= 15 is 0 Å². The average Bonchev–Trinajstić information content (AvgIpc) is 3.20. The number of alkyl halides is 3. The van der Waals surface area contributed by atoms with E-state index in [1.807, 2.05) is 0 Å². The van der Waals surface area contributed by atoms with Crippen molar-refractivity contribution in [3.63, 3.8) is 0 Å². The molecule has 1 amide bonds. The SMILES string of the molecule is N#C/C(=C\c1ccc(-c2ccc([N+](=O)[O-])cc2Cl)o1)C(=O)Nc1cc(C(F)(F)F)ccc1Cl. The first-order chi connectivity index (χ1) is 15.5. The van der Waals surface area contributed by atoms with E-state index in [0.29, 0.717) is 11.6 Å². The Kier molecular flexibility index (Phi) is 6.76. The highest BCUT2D eigenvalue weighted by Crippen LogP contribution is 2.35. The second-order valence-corrected chi connectivity index (χ2v) is 7.25. The van der Waals surface area contributed by atoms with Crippen LogP contribution in [-0.4, -0.2) is 10.8 Å². The number of halogens is 5. The van der Waals surface area contributed by atoms with E-state index in [9.17, 15) is 33.3 Å². The van der Waals surface area contributed by atoms with Crippen molar-refractivity contribution >= 4 is 46.6 Å². The molecule has 7 nitrogen and oxygen atoms in total. The zero-order chi connectivity index (χ0) is 24.3. The lowest BCUT2D eigenvalue weighted by Gasteiger charge is -2.11. The fraction of sp³-hybridized carbons (Fsp3) is 0.0476. The van der Waals surface area contributed by atoms with Crippen LogP contribution >= 0.6 is 23.2 Å². The summed E-state index contributed by atoms with van der Waals surface area (Å²) in [5, 5.41) is 22.2. The van der Waals surface area contributed by atoms with Crippen molar-refractivity contribution in [1.29, 1.82) is 5.26 Å². The molecule has 0 atom stereocenters. The number of rotatable bonds is 5. The van der Waals surface area contributed by atoms with Gasteiger partial charge < -0.3 is 9.73 Å². The number of nitro groups is 1. The molecule has 2 aromatic carbocycles. The van der Waals surface area contributed by atoms with E-state index in [4.69, 9.17) is 27.6 Å². The van der Waals surface area contributed by atoms with Crippen LogP contribution in [0.25, 0.3) is 17.4 Å². The Morgan fingerprint density at radius 1 is 1.12 bits per heavy atom. The molecule has 0 saturated heterocycles. The zero-order valence-electron chi connectivity index (χ0n) is 16.1. The summed E-state index contributed by atoms with van der Waals surface area (Å²) in [5.41, 5.74) is -1.71. The smallest absolute Gasteiger partial charge is 0.416 e. The van der Waals surface area contributed by atoms with Gasteiger partial charge in [-0.05, 0) is 36.4 Å². The first-order valence-corrected chi connectivity index (χ1v) is 9.59. The number of nitrogens with one attached hydrogen (secondary N) is 1. The first kappa shape index (κ1) is 23.8. The third kappa shape index (κ3) is 5.52. The number of benzene rings is 2. The molecule has 0 saturated carbocycles. The molecule has 0 aliphatic heterocycles. The molecule has 0 fully saturated rings. The minimum absolute atomic E-state index is 0.0477. The van der Waals surface area contributed by atoms with Gasteiger partial charge in [-0.25, -0.2) is 0 Å². The number of furan rings is 1. The van der Waals surface area contributed by atoms with E-state index in [1.54, 1.807) is 6.07 Å². The van der Waals surface area contributed by atoms with Gasteiger partial charge in [0.2, 0.25) is 0 Å². The number of non-ortho nitro benzene ring substituents is 1. The Bertz CT molecular complexity index is 1330. The topological polar surface area (TPSA) is 109 Å². The van der Waals surface area contributed by atoms with Crippen molar-refractivity contribution in [3.05, 3.63) is 85.6 Å². The number of carbonyl (C=O) groups excluding carboxylic acids is 1. The summed E-state index contributed by atoms with van der Waals surface area (Å²) in [6, 6.07) is 10.6. The molecular weight excluding hydrogens is 486 g/mol. The molecule has 12 heteroatoms. The van der Waals surface area contributed by atoms with Gasteiger partial charge in [0.05, 0.1) is 26.2 Å². The second-order valence-electron chi connectivity index (χ2n) is 6.44. The Morgan fingerprint density at radius 2 is 1.85 bits per heavy atom. The molecule has 0 bridgehead atoms. The molecule has 0 aliphatic rings. The number of nitriles is 1. The summed E-state index contributed by atoms with van der Waals surface area (Å²) < 4.78 is 44.3. The normalized spacial score (nSPS) is 11.7. The second kappa shape index (κ2) is 9.36. The molecule has 0 unspecified atom stereocenters. The van der Waals surface area contributed by atoms with Crippen LogP contribution in [0.3, 0.4) is 0 Å². The van der Waals surface area contributed by atoms with Crippen molar-refractivity contribution < 1.29 is 27.3 Å². The lowest BCUT2D eigenvalue weighted by atomic mass is 10.1. The van der Waals surface area contributed by atoms with Gasteiger partial charge in [-0.2, -0.15) is 18.4 Å². The van der Waals surface area contributed by atoms with Gasteiger partial charge in [0.15, 0.2) is 0 Å². The molecule has 168 valence electrons. The van der Waals surface area contributed by atoms with Crippen molar-refractivity contribution in [3.8, 4) is 17.4 Å². The maximum absolute atomic E-state index is 12.9. The molecule has 0 aliphatic carbocycles. The van der Waals surface area contributed by atoms with Crippen molar-refractivity contribution in [2.45, 2.75) is 6.18 Å². The summed E-state index contributed by atoms with van der Waals surface area (Å²) in [4.78, 5) is 22.6. The molecule has 33 heavy (non-hydrogen) atoms. The predicted molar refractivity (Wildman–Crippen MR) is 114 cm³/mol. The number of amides is 1. The van der Waals surface area contributed by atoms with Crippen LogP contribution in [-0.2, 0) is 11.0 Å². The molecule has 3 rings (SSSR count). The number of nitro benzene ring substituents is 1. The fourth-order valence-corrected chi connectivity index (χ4v) is 3.10. The maximum atomic E-state index is 12.9. The number of hydrogen-bond acceptors (Lipinski definition) is 5. The molecule has 0 radical (unpaired) electrons. The Hall–Kier alpha value is -3.81. The Labute approximate surface area is 193 Å². The van der Waals surface area contributed by atoms with Crippen molar-refractivity contribution in [2.75, 3.05) is 5.32 Å². The van der Waals surface area contributed by atoms with E-state index in [-0.39, 0.29) is 32.9 Å². The molecule has 3 aromatic rings. The highest BCUT2D eigenvalue weighted by Gasteiger charge is 2.31. The van der Waals surface area contributed by atoms with Crippen LogP contribution in [0.5, 0.6) is 0 Å². The van der Waals surface area contributed by atoms with E-state index < -0.39 is 28.1 Å². The van der Waals surface area contributed by atoms with E-state index in [2.05, 4.69) is 5.32 Å². The number of anilines is 1. The predicted octanol–water partition coefficient (Wildman–Crippen LogP) is 6.73. The quantitative estimate of drug-likeness (QED) is 0.182. The van der Waals surface area contributed by atoms with Gasteiger partial charge in [0.1, 0.15) is 23.2 Å². The zero-order valence-corrected chi connectivity index (χ0v) is 17.6. The number of carbonyl (C=O) groups is 1. The number of hydrogen-bond donors (Lipinski definition) is 1. The summed E-state index contributed by atoms with van der Waals surface area (Å²) >= 11 is 11.9. The van der Waals surface area contributed by atoms with Crippen LogP contribution in [0, 0.1) is 21.4 Å². The molecule has 1 N–H and O–H groups in total. The van der Waals surface area contributed by atoms with Crippen molar-refractivity contribution in [1.82, 2.24) is 0 Å². The minimum Gasteiger partial charge on any atom is -0.457 e. The average molecular weight is 496 g/mol. The van der Waals surface area contributed by atoms with Gasteiger partial charge >= 0.3 is 6.18 Å². The summed E-state index contributed by atoms with van der Waals surface area (Å²) in [6.45, 7) is 0. The lowest BCUT2D eigenvalue weighted by Crippen LogP contribution is -2.15.